The summed E-state index contributed by atoms with van der Waals surface area (Å²) in [6.07, 6.45) is 0. The molecule has 0 aromatic carbocycles. The van der Waals surface area contributed by atoms with Crippen molar-refractivity contribution < 1.29 is 14.6 Å². The van der Waals surface area contributed by atoms with Gasteiger partial charge in [0.2, 0.25) is 0 Å². The fraction of sp³-hybridized carbons (Fsp3) is 0.909. The second-order valence-electron chi connectivity index (χ2n) is 4.48. The summed E-state index contributed by atoms with van der Waals surface area (Å²) in [6.45, 7) is 8.81. The predicted octanol–water partition coefficient (Wildman–Crippen LogP) is -0.452. The molecule has 0 saturated carbocycles. The van der Waals surface area contributed by atoms with Crippen molar-refractivity contribution in [3.8, 4) is 0 Å². The van der Waals surface area contributed by atoms with Crippen LogP contribution >= 0.6 is 0 Å². The standard InChI is InChI=1S/C11H22N2O3/c1-4-12-5-7-13(8-6-12)9-11(2,15)10(14)16-3/h15H,4-9H2,1-3H3. The highest BCUT2D eigenvalue weighted by Crippen LogP contribution is 2.11. The number of carbonyl (C=O) groups is 1. The zero-order chi connectivity index (χ0) is 12.2. The van der Waals surface area contributed by atoms with Crippen LogP contribution in [0.25, 0.3) is 0 Å². The van der Waals surface area contributed by atoms with E-state index in [9.17, 15) is 9.90 Å². The van der Waals surface area contributed by atoms with Crippen LogP contribution in [0.2, 0.25) is 0 Å². The molecule has 16 heavy (non-hydrogen) atoms. The molecule has 1 unspecified atom stereocenters. The molecule has 94 valence electrons. The lowest BCUT2D eigenvalue weighted by atomic mass is 10.1. The molecule has 0 aromatic heterocycles. The topological polar surface area (TPSA) is 53.0 Å². The van der Waals surface area contributed by atoms with Crippen molar-refractivity contribution in [1.29, 1.82) is 0 Å². The van der Waals surface area contributed by atoms with Crippen molar-refractivity contribution in [1.82, 2.24) is 9.80 Å². The molecular weight excluding hydrogens is 208 g/mol. The number of piperazine rings is 1. The Bertz CT molecular complexity index is 235. The number of hydrogen-bond donors (Lipinski definition) is 1. The molecule has 0 aliphatic carbocycles. The molecular formula is C11H22N2O3. The van der Waals surface area contributed by atoms with Crippen molar-refractivity contribution in [3.63, 3.8) is 0 Å². The maximum atomic E-state index is 11.3. The number of aliphatic hydroxyl groups is 1. The Morgan fingerprint density at radius 1 is 1.31 bits per heavy atom. The van der Waals surface area contributed by atoms with Gasteiger partial charge in [-0.1, -0.05) is 6.92 Å². The van der Waals surface area contributed by atoms with Crippen molar-refractivity contribution in [2.45, 2.75) is 19.4 Å². The van der Waals surface area contributed by atoms with Crippen LogP contribution in [0.3, 0.4) is 0 Å². The maximum absolute atomic E-state index is 11.3. The molecule has 1 aliphatic rings. The van der Waals surface area contributed by atoms with Gasteiger partial charge in [0.05, 0.1) is 7.11 Å². The molecule has 5 heteroatoms. The van der Waals surface area contributed by atoms with Crippen LogP contribution in [0.15, 0.2) is 0 Å². The van der Waals surface area contributed by atoms with Crippen LogP contribution in [0.4, 0.5) is 0 Å². The minimum Gasteiger partial charge on any atom is -0.467 e. The van der Waals surface area contributed by atoms with Crippen LogP contribution in [0, 0.1) is 0 Å². The summed E-state index contributed by atoms with van der Waals surface area (Å²) < 4.78 is 4.57. The monoisotopic (exact) mass is 230 g/mol. The summed E-state index contributed by atoms with van der Waals surface area (Å²) in [5.74, 6) is -0.564. The summed E-state index contributed by atoms with van der Waals surface area (Å²) in [5, 5.41) is 9.93. The van der Waals surface area contributed by atoms with Gasteiger partial charge in [-0.3, -0.25) is 4.90 Å². The van der Waals surface area contributed by atoms with Gasteiger partial charge in [0, 0.05) is 32.7 Å². The first-order chi connectivity index (χ1) is 7.49. The Labute approximate surface area is 97.0 Å². The SMILES string of the molecule is CCN1CCN(CC(C)(O)C(=O)OC)CC1. The normalized spacial score (nSPS) is 22.8. The van der Waals surface area contributed by atoms with E-state index in [0.717, 1.165) is 32.7 Å². The molecule has 1 aliphatic heterocycles. The average Bonchev–Trinajstić information content (AvgIpc) is 2.28. The Balaban J connectivity index is 2.41. The van der Waals surface area contributed by atoms with E-state index in [1.165, 1.54) is 14.0 Å². The Morgan fingerprint density at radius 2 is 1.81 bits per heavy atom. The lowest BCUT2D eigenvalue weighted by molar-refractivity contribution is -0.162. The van der Waals surface area contributed by atoms with Crippen molar-refractivity contribution >= 4 is 5.97 Å². The van der Waals surface area contributed by atoms with E-state index in [-0.39, 0.29) is 0 Å². The van der Waals surface area contributed by atoms with Crippen LogP contribution < -0.4 is 0 Å². The van der Waals surface area contributed by atoms with Gasteiger partial charge in [0.15, 0.2) is 5.60 Å². The Kier molecular flexibility index (Phi) is 4.70. The molecule has 5 nitrogen and oxygen atoms in total. The summed E-state index contributed by atoms with van der Waals surface area (Å²) in [6, 6.07) is 0. The van der Waals surface area contributed by atoms with Crippen molar-refractivity contribution in [2.24, 2.45) is 0 Å². The molecule has 0 aromatic rings. The second-order valence-corrected chi connectivity index (χ2v) is 4.48. The molecule has 0 radical (unpaired) electrons. The first-order valence-electron chi connectivity index (χ1n) is 5.75. The molecule has 1 saturated heterocycles. The Hall–Kier alpha value is -0.650. The lowest BCUT2D eigenvalue weighted by Crippen LogP contribution is -2.53. The summed E-state index contributed by atoms with van der Waals surface area (Å²) in [4.78, 5) is 15.8. The third-order valence-corrected chi connectivity index (χ3v) is 3.07. The Morgan fingerprint density at radius 3 is 2.25 bits per heavy atom. The largest absolute Gasteiger partial charge is 0.467 e. The first kappa shape index (κ1) is 13.4. The zero-order valence-corrected chi connectivity index (χ0v) is 10.4. The maximum Gasteiger partial charge on any atom is 0.338 e. The first-order valence-corrected chi connectivity index (χ1v) is 5.75. The van der Waals surface area contributed by atoms with Gasteiger partial charge < -0.3 is 14.7 Å². The van der Waals surface area contributed by atoms with Gasteiger partial charge in [0.1, 0.15) is 0 Å². The molecule has 0 amide bonds. The van der Waals surface area contributed by atoms with Crippen molar-refractivity contribution in [3.05, 3.63) is 0 Å². The summed E-state index contributed by atoms with van der Waals surface area (Å²) in [7, 11) is 1.30. The van der Waals surface area contributed by atoms with Crippen LogP contribution in [0.1, 0.15) is 13.8 Å². The number of esters is 1. The van der Waals surface area contributed by atoms with Gasteiger partial charge in [-0.2, -0.15) is 0 Å². The minimum atomic E-state index is -1.40. The number of carbonyl (C=O) groups excluding carboxylic acids is 1. The number of hydrogen-bond acceptors (Lipinski definition) is 5. The number of rotatable bonds is 4. The van der Waals surface area contributed by atoms with E-state index < -0.39 is 11.6 Å². The van der Waals surface area contributed by atoms with Crippen molar-refractivity contribution in [2.75, 3.05) is 46.4 Å². The summed E-state index contributed by atoms with van der Waals surface area (Å²) in [5.41, 5.74) is -1.40. The van der Waals surface area contributed by atoms with Crippen LogP contribution in [-0.4, -0.2) is 72.9 Å². The number of methoxy groups -OCH3 is 1. The molecule has 1 atom stereocenters. The number of β-amino-alcohol motifs (C(OH)–C–C–N with tert-alkyl or cyclic N) is 1. The van der Waals surface area contributed by atoms with Crippen LogP contribution in [-0.2, 0) is 9.53 Å². The molecule has 0 spiro atoms. The molecule has 1 heterocycles. The van der Waals surface area contributed by atoms with E-state index in [4.69, 9.17) is 0 Å². The van der Waals surface area contributed by atoms with Gasteiger partial charge in [-0.05, 0) is 13.5 Å². The van der Waals surface area contributed by atoms with Crippen LogP contribution in [0.5, 0.6) is 0 Å². The van der Waals surface area contributed by atoms with E-state index in [1.54, 1.807) is 0 Å². The van der Waals surface area contributed by atoms with E-state index in [0.29, 0.717) is 6.54 Å². The van der Waals surface area contributed by atoms with Gasteiger partial charge in [0.25, 0.3) is 0 Å². The lowest BCUT2D eigenvalue weighted by Gasteiger charge is -2.36. The van der Waals surface area contributed by atoms with E-state index in [1.807, 2.05) is 0 Å². The number of nitrogens with zero attached hydrogens (tertiary/aromatic N) is 2. The van der Waals surface area contributed by atoms with E-state index in [2.05, 4.69) is 21.5 Å². The number of likely N-dealkylation sites (N-methyl/N-ethyl adjacent to an activating group) is 1. The van der Waals surface area contributed by atoms with Gasteiger partial charge in [-0.25, -0.2) is 4.79 Å². The molecule has 1 rings (SSSR count). The third kappa shape index (κ3) is 3.43. The average molecular weight is 230 g/mol. The summed E-state index contributed by atoms with van der Waals surface area (Å²) >= 11 is 0. The highest BCUT2D eigenvalue weighted by molar-refractivity contribution is 5.78. The fourth-order valence-electron chi connectivity index (χ4n) is 1.98. The third-order valence-electron chi connectivity index (χ3n) is 3.07. The zero-order valence-electron chi connectivity index (χ0n) is 10.4. The minimum absolute atomic E-state index is 0.344. The van der Waals surface area contributed by atoms with Gasteiger partial charge >= 0.3 is 5.97 Å². The molecule has 1 N–H and O–H groups in total. The fourth-order valence-corrected chi connectivity index (χ4v) is 1.98. The van der Waals surface area contributed by atoms with E-state index >= 15 is 0 Å². The second kappa shape index (κ2) is 5.61. The molecule has 0 bridgehead atoms. The smallest absolute Gasteiger partial charge is 0.338 e. The molecule has 1 fully saturated rings. The predicted molar refractivity (Wildman–Crippen MR) is 61.2 cm³/mol. The number of ether oxygens (including phenoxy) is 1. The highest BCUT2D eigenvalue weighted by Gasteiger charge is 2.34. The van der Waals surface area contributed by atoms with Gasteiger partial charge in [-0.15, -0.1) is 0 Å². The highest BCUT2D eigenvalue weighted by atomic mass is 16.5. The quantitative estimate of drug-likeness (QED) is 0.663.